The van der Waals surface area contributed by atoms with Crippen LogP contribution in [0.2, 0.25) is 5.02 Å². The van der Waals surface area contributed by atoms with Gasteiger partial charge in [-0.25, -0.2) is 13.1 Å². The summed E-state index contributed by atoms with van der Waals surface area (Å²) in [5.74, 6) is 0.457. The molecule has 0 bridgehead atoms. The Morgan fingerprint density at radius 1 is 1.53 bits per heavy atom. The molecule has 10 heteroatoms. The van der Waals surface area contributed by atoms with E-state index in [4.69, 9.17) is 11.6 Å². The van der Waals surface area contributed by atoms with Gasteiger partial charge in [-0.2, -0.15) is 0 Å². The van der Waals surface area contributed by atoms with Crippen molar-refractivity contribution in [2.75, 3.05) is 0 Å². The molecule has 0 fully saturated rings. The average molecular weight is 304 g/mol. The number of nitrogens with zero attached hydrogens (tertiary/aromatic N) is 3. The zero-order chi connectivity index (χ0) is 14.0. The molecule has 2 N–H and O–H groups in total. The summed E-state index contributed by atoms with van der Waals surface area (Å²) < 4.78 is 27.8. The number of nitrogens with one attached hydrogen (secondary N) is 2. The summed E-state index contributed by atoms with van der Waals surface area (Å²) in [6, 6.07) is 1.08. The van der Waals surface area contributed by atoms with Crippen molar-refractivity contribution < 1.29 is 8.42 Å². The zero-order valence-electron chi connectivity index (χ0n) is 9.79. The standard InChI is InChI=1S/C9H10ClN5O3S/c1-15-5-12-14-8(15)4-13-19(17,18)6-2-7(10)9(16)11-3-6/h2-3,5,13H,4H2,1H3,(H,11,16). The van der Waals surface area contributed by atoms with Crippen molar-refractivity contribution >= 4 is 21.6 Å². The minimum absolute atomic E-state index is 0.0183. The second-order valence-corrected chi connectivity index (χ2v) is 5.87. The van der Waals surface area contributed by atoms with E-state index < -0.39 is 15.6 Å². The van der Waals surface area contributed by atoms with E-state index in [1.807, 2.05) is 0 Å². The number of hydrogen-bond donors (Lipinski definition) is 2. The van der Waals surface area contributed by atoms with Gasteiger partial charge in [0, 0.05) is 13.2 Å². The van der Waals surface area contributed by atoms with Crippen LogP contribution in [0.15, 0.2) is 28.3 Å². The Kier molecular flexibility index (Phi) is 3.69. The van der Waals surface area contributed by atoms with Crippen molar-refractivity contribution in [3.8, 4) is 0 Å². The lowest BCUT2D eigenvalue weighted by Gasteiger charge is -2.06. The highest BCUT2D eigenvalue weighted by molar-refractivity contribution is 7.89. The molecule has 0 amide bonds. The van der Waals surface area contributed by atoms with Crippen molar-refractivity contribution in [1.29, 1.82) is 0 Å². The smallest absolute Gasteiger partial charge is 0.266 e. The molecule has 2 aromatic heterocycles. The van der Waals surface area contributed by atoms with Gasteiger partial charge >= 0.3 is 0 Å². The second kappa shape index (κ2) is 5.11. The Balaban J connectivity index is 2.21. The lowest BCUT2D eigenvalue weighted by atomic mass is 10.5. The van der Waals surface area contributed by atoms with E-state index in [2.05, 4.69) is 19.9 Å². The van der Waals surface area contributed by atoms with E-state index in [9.17, 15) is 13.2 Å². The third kappa shape index (κ3) is 3.00. The van der Waals surface area contributed by atoms with Gasteiger partial charge in [0.15, 0.2) is 0 Å². The molecule has 0 saturated heterocycles. The second-order valence-electron chi connectivity index (χ2n) is 3.70. The highest BCUT2D eigenvalue weighted by atomic mass is 35.5. The van der Waals surface area contributed by atoms with Gasteiger partial charge in [-0.05, 0) is 6.07 Å². The van der Waals surface area contributed by atoms with E-state index >= 15 is 0 Å². The Labute approximate surface area is 113 Å². The van der Waals surface area contributed by atoms with Crippen LogP contribution in [0, 0.1) is 0 Å². The van der Waals surface area contributed by atoms with Crippen molar-refractivity contribution in [3.05, 3.63) is 39.8 Å². The van der Waals surface area contributed by atoms with E-state index in [-0.39, 0.29) is 16.5 Å². The van der Waals surface area contributed by atoms with Crippen LogP contribution < -0.4 is 10.3 Å². The van der Waals surface area contributed by atoms with E-state index in [1.54, 1.807) is 11.6 Å². The largest absolute Gasteiger partial charge is 0.326 e. The summed E-state index contributed by atoms with van der Waals surface area (Å²) >= 11 is 5.58. The molecule has 19 heavy (non-hydrogen) atoms. The monoisotopic (exact) mass is 303 g/mol. The SMILES string of the molecule is Cn1cnnc1CNS(=O)(=O)c1c[nH]c(=O)c(Cl)c1. The first-order chi connectivity index (χ1) is 8.90. The molecule has 0 aliphatic rings. The quantitative estimate of drug-likeness (QED) is 0.801. The minimum Gasteiger partial charge on any atom is -0.326 e. The van der Waals surface area contributed by atoms with Gasteiger partial charge in [0.25, 0.3) is 5.56 Å². The summed E-state index contributed by atoms with van der Waals surface area (Å²) in [5.41, 5.74) is -0.547. The van der Waals surface area contributed by atoms with Gasteiger partial charge in [-0.1, -0.05) is 11.6 Å². The predicted molar refractivity (Wildman–Crippen MR) is 67.1 cm³/mol. The van der Waals surface area contributed by atoms with Gasteiger partial charge in [0.05, 0.1) is 11.4 Å². The van der Waals surface area contributed by atoms with Crippen LogP contribution in [0.5, 0.6) is 0 Å². The molecule has 0 aliphatic heterocycles. The number of rotatable bonds is 4. The van der Waals surface area contributed by atoms with Gasteiger partial charge in [0.2, 0.25) is 10.0 Å². The number of aromatic nitrogens is 4. The first-order valence-electron chi connectivity index (χ1n) is 5.11. The topological polar surface area (TPSA) is 110 Å². The van der Waals surface area contributed by atoms with Crippen molar-refractivity contribution in [2.45, 2.75) is 11.4 Å². The molecule has 0 saturated carbocycles. The van der Waals surface area contributed by atoms with Gasteiger partial charge in [-0.15, -0.1) is 10.2 Å². The van der Waals surface area contributed by atoms with Gasteiger partial charge < -0.3 is 9.55 Å². The molecule has 0 radical (unpaired) electrons. The Hall–Kier alpha value is -1.71. The summed E-state index contributed by atoms with van der Waals surface area (Å²) in [6.45, 7) is -0.0183. The normalized spacial score (nSPS) is 11.7. The summed E-state index contributed by atoms with van der Waals surface area (Å²) in [4.78, 5) is 13.2. The highest BCUT2D eigenvalue weighted by Crippen LogP contribution is 2.10. The van der Waals surface area contributed by atoms with Crippen molar-refractivity contribution in [2.24, 2.45) is 7.05 Å². The number of sulfonamides is 1. The lowest BCUT2D eigenvalue weighted by molar-refractivity contribution is 0.577. The molecule has 102 valence electrons. The molecular formula is C9H10ClN5O3S. The molecule has 2 rings (SSSR count). The van der Waals surface area contributed by atoms with Crippen LogP contribution >= 0.6 is 11.6 Å². The highest BCUT2D eigenvalue weighted by Gasteiger charge is 2.16. The summed E-state index contributed by atoms with van der Waals surface area (Å²) in [5, 5.41) is 7.18. The van der Waals surface area contributed by atoms with Gasteiger partial charge in [0.1, 0.15) is 17.2 Å². The molecule has 0 aromatic carbocycles. The fourth-order valence-corrected chi connectivity index (χ4v) is 2.51. The maximum Gasteiger partial charge on any atom is 0.266 e. The third-order valence-electron chi connectivity index (χ3n) is 2.37. The Morgan fingerprint density at radius 3 is 2.84 bits per heavy atom. The molecule has 0 aliphatic carbocycles. The number of hydrogen-bond acceptors (Lipinski definition) is 5. The fourth-order valence-electron chi connectivity index (χ4n) is 1.30. The maximum atomic E-state index is 12.0. The minimum atomic E-state index is -3.78. The third-order valence-corrected chi connectivity index (χ3v) is 4.03. The van der Waals surface area contributed by atoms with Crippen LogP contribution in [0.3, 0.4) is 0 Å². The summed E-state index contributed by atoms with van der Waals surface area (Å²) in [7, 11) is -2.08. The van der Waals surface area contributed by atoms with Crippen LogP contribution in [-0.2, 0) is 23.6 Å². The van der Waals surface area contributed by atoms with Gasteiger partial charge in [-0.3, -0.25) is 4.79 Å². The van der Waals surface area contributed by atoms with E-state index in [0.29, 0.717) is 5.82 Å². The zero-order valence-corrected chi connectivity index (χ0v) is 11.4. The molecule has 8 nitrogen and oxygen atoms in total. The van der Waals surface area contributed by atoms with Crippen LogP contribution in [-0.4, -0.2) is 28.2 Å². The number of aryl methyl sites for hydroxylation is 1. The number of halogens is 1. The molecule has 0 atom stereocenters. The predicted octanol–water partition coefficient (Wildman–Crippen LogP) is -0.365. The number of aromatic amines is 1. The Bertz CT molecular complexity index is 751. The maximum absolute atomic E-state index is 12.0. The molecule has 0 spiro atoms. The van der Waals surface area contributed by atoms with Crippen LogP contribution in [0.4, 0.5) is 0 Å². The van der Waals surface area contributed by atoms with E-state index in [0.717, 1.165) is 12.3 Å². The summed E-state index contributed by atoms with van der Waals surface area (Å²) in [6.07, 6.45) is 2.54. The van der Waals surface area contributed by atoms with Crippen molar-refractivity contribution in [1.82, 2.24) is 24.5 Å². The van der Waals surface area contributed by atoms with E-state index in [1.165, 1.54) is 6.33 Å². The van der Waals surface area contributed by atoms with Crippen LogP contribution in [0.1, 0.15) is 5.82 Å². The lowest BCUT2D eigenvalue weighted by Crippen LogP contribution is -2.25. The Morgan fingerprint density at radius 2 is 2.26 bits per heavy atom. The molecule has 2 heterocycles. The first-order valence-corrected chi connectivity index (χ1v) is 6.97. The molecular weight excluding hydrogens is 294 g/mol. The average Bonchev–Trinajstić information content (AvgIpc) is 2.76. The number of pyridine rings is 1. The first kappa shape index (κ1) is 13.7. The van der Waals surface area contributed by atoms with Crippen LogP contribution in [0.25, 0.3) is 0 Å². The fraction of sp³-hybridized carbons (Fsp3) is 0.222. The molecule has 0 unspecified atom stereocenters. The number of H-pyrrole nitrogens is 1. The van der Waals surface area contributed by atoms with Crippen molar-refractivity contribution in [3.63, 3.8) is 0 Å². The molecule has 2 aromatic rings.